The molecular formula is C13H23N3O2S. The summed E-state index contributed by atoms with van der Waals surface area (Å²) in [6.07, 6.45) is 1.79. The van der Waals surface area contributed by atoms with Gasteiger partial charge in [0.1, 0.15) is 0 Å². The SMILES string of the molecule is CCCNCc1c(C)nn(C2CCS(=O)(=O)C2)c1C. The van der Waals surface area contributed by atoms with Crippen LogP contribution in [0.2, 0.25) is 0 Å². The molecule has 0 aromatic carbocycles. The molecule has 108 valence electrons. The summed E-state index contributed by atoms with van der Waals surface area (Å²) >= 11 is 0. The van der Waals surface area contributed by atoms with Crippen LogP contribution < -0.4 is 5.32 Å². The lowest BCUT2D eigenvalue weighted by atomic mass is 10.2. The van der Waals surface area contributed by atoms with Gasteiger partial charge in [0.2, 0.25) is 0 Å². The molecule has 5 nitrogen and oxygen atoms in total. The van der Waals surface area contributed by atoms with Crippen LogP contribution in [0.5, 0.6) is 0 Å². The van der Waals surface area contributed by atoms with Crippen LogP contribution in [0.1, 0.15) is 42.8 Å². The zero-order valence-corrected chi connectivity index (χ0v) is 12.8. The molecule has 6 heteroatoms. The zero-order chi connectivity index (χ0) is 14.0. The standard InChI is InChI=1S/C13H23N3O2S/c1-4-6-14-8-13-10(2)15-16(11(13)3)12-5-7-19(17,18)9-12/h12,14H,4-9H2,1-3H3. The fraction of sp³-hybridized carbons (Fsp3) is 0.769. The summed E-state index contributed by atoms with van der Waals surface area (Å²) in [6, 6.07) is 0.0172. The topological polar surface area (TPSA) is 64.0 Å². The normalized spacial score (nSPS) is 21.9. The Hall–Kier alpha value is -0.880. The molecule has 0 radical (unpaired) electrons. The van der Waals surface area contributed by atoms with Crippen LogP contribution >= 0.6 is 0 Å². The Morgan fingerprint density at radius 1 is 1.42 bits per heavy atom. The monoisotopic (exact) mass is 285 g/mol. The van der Waals surface area contributed by atoms with Gasteiger partial charge in [-0.25, -0.2) is 8.42 Å². The fourth-order valence-electron chi connectivity index (χ4n) is 2.67. The molecule has 1 aromatic heterocycles. The van der Waals surface area contributed by atoms with Crippen molar-refractivity contribution in [2.75, 3.05) is 18.1 Å². The highest BCUT2D eigenvalue weighted by atomic mass is 32.2. The molecule has 1 aromatic rings. The molecule has 1 atom stereocenters. The minimum absolute atomic E-state index is 0.0172. The summed E-state index contributed by atoms with van der Waals surface area (Å²) < 4.78 is 25.1. The molecule has 0 spiro atoms. The zero-order valence-electron chi connectivity index (χ0n) is 11.9. The molecule has 0 aliphatic carbocycles. The highest BCUT2D eigenvalue weighted by Crippen LogP contribution is 2.26. The Kier molecular flexibility index (Phi) is 4.30. The van der Waals surface area contributed by atoms with Crippen molar-refractivity contribution in [2.24, 2.45) is 0 Å². The van der Waals surface area contributed by atoms with Gasteiger partial charge in [0, 0.05) is 17.8 Å². The Balaban J connectivity index is 2.17. The highest BCUT2D eigenvalue weighted by Gasteiger charge is 2.31. The minimum atomic E-state index is -2.86. The first kappa shape index (κ1) is 14.5. The second-order valence-electron chi connectivity index (χ2n) is 5.33. The van der Waals surface area contributed by atoms with Gasteiger partial charge in [-0.3, -0.25) is 4.68 Å². The van der Waals surface area contributed by atoms with Crippen LogP contribution in [0.25, 0.3) is 0 Å². The van der Waals surface area contributed by atoms with Gasteiger partial charge in [-0.2, -0.15) is 5.10 Å². The van der Waals surface area contributed by atoms with E-state index in [0.29, 0.717) is 12.2 Å². The summed E-state index contributed by atoms with van der Waals surface area (Å²) in [5.41, 5.74) is 3.31. The molecule has 2 rings (SSSR count). The average Bonchev–Trinajstić information content (AvgIpc) is 2.83. The molecule has 19 heavy (non-hydrogen) atoms. The molecule has 1 fully saturated rings. The third-order valence-electron chi connectivity index (χ3n) is 3.76. The first-order valence-electron chi connectivity index (χ1n) is 6.90. The number of hydrogen-bond acceptors (Lipinski definition) is 4. The van der Waals surface area contributed by atoms with Crippen molar-refractivity contribution in [1.82, 2.24) is 15.1 Å². The van der Waals surface area contributed by atoms with Gasteiger partial charge in [-0.05, 0) is 33.2 Å². The van der Waals surface area contributed by atoms with Crippen molar-refractivity contribution in [2.45, 2.75) is 46.2 Å². The summed E-state index contributed by atoms with van der Waals surface area (Å²) in [6.45, 7) is 7.97. The molecule has 1 saturated heterocycles. The molecule has 2 heterocycles. The third-order valence-corrected chi connectivity index (χ3v) is 5.51. The second-order valence-corrected chi connectivity index (χ2v) is 7.56. The first-order chi connectivity index (χ1) is 8.94. The van der Waals surface area contributed by atoms with Crippen molar-refractivity contribution in [3.05, 3.63) is 17.0 Å². The van der Waals surface area contributed by atoms with Crippen LogP contribution in [0.3, 0.4) is 0 Å². The fourth-order valence-corrected chi connectivity index (χ4v) is 4.36. The Morgan fingerprint density at radius 2 is 2.16 bits per heavy atom. The van der Waals surface area contributed by atoms with E-state index < -0.39 is 9.84 Å². The summed E-state index contributed by atoms with van der Waals surface area (Å²) in [7, 11) is -2.86. The summed E-state index contributed by atoms with van der Waals surface area (Å²) in [4.78, 5) is 0. The minimum Gasteiger partial charge on any atom is -0.313 e. The third kappa shape index (κ3) is 3.17. The second kappa shape index (κ2) is 5.63. The number of rotatable bonds is 5. The molecule has 0 amide bonds. The predicted molar refractivity (Wildman–Crippen MR) is 76.0 cm³/mol. The van der Waals surface area contributed by atoms with Crippen LogP contribution in [0.4, 0.5) is 0 Å². The Morgan fingerprint density at radius 3 is 2.74 bits per heavy atom. The van der Waals surface area contributed by atoms with Gasteiger partial charge in [0.25, 0.3) is 0 Å². The van der Waals surface area contributed by atoms with Crippen LogP contribution in [0.15, 0.2) is 0 Å². The first-order valence-corrected chi connectivity index (χ1v) is 8.72. The van der Waals surface area contributed by atoms with E-state index in [2.05, 4.69) is 17.3 Å². The van der Waals surface area contributed by atoms with E-state index in [1.807, 2.05) is 18.5 Å². The molecule has 1 aliphatic heterocycles. The average molecular weight is 285 g/mol. The van der Waals surface area contributed by atoms with Crippen molar-refractivity contribution in [3.8, 4) is 0 Å². The molecule has 1 aliphatic rings. The predicted octanol–water partition coefficient (Wildman–Crippen LogP) is 1.36. The van der Waals surface area contributed by atoms with Gasteiger partial charge in [-0.1, -0.05) is 6.92 Å². The van der Waals surface area contributed by atoms with Crippen molar-refractivity contribution in [1.29, 1.82) is 0 Å². The van der Waals surface area contributed by atoms with E-state index in [9.17, 15) is 8.42 Å². The van der Waals surface area contributed by atoms with E-state index in [1.165, 1.54) is 5.56 Å². The van der Waals surface area contributed by atoms with Crippen molar-refractivity contribution in [3.63, 3.8) is 0 Å². The molecule has 0 saturated carbocycles. The van der Waals surface area contributed by atoms with Gasteiger partial charge >= 0.3 is 0 Å². The highest BCUT2D eigenvalue weighted by molar-refractivity contribution is 7.91. The molecular weight excluding hydrogens is 262 g/mol. The maximum atomic E-state index is 11.6. The Bertz CT molecular complexity index is 548. The molecule has 1 N–H and O–H groups in total. The van der Waals surface area contributed by atoms with Crippen LogP contribution in [-0.2, 0) is 16.4 Å². The number of sulfone groups is 1. The van der Waals surface area contributed by atoms with E-state index in [-0.39, 0.29) is 11.8 Å². The van der Waals surface area contributed by atoms with Crippen LogP contribution in [0, 0.1) is 13.8 Å². The smallest absolute Gasteiger partial charge is 0.152 e. The quantitative estimate of drug-likeness (QED) is 0.830. The van der Waals surface area contributed by atoms with E-state index in [4.69, 9.17) is 0 Å². The maximum absolute atomic E-state index is 11.6. The lowest BCUT2D eigenvalue weighted by Crippen LogP contribution is -2.16. The lowest BCUT2D eigenvalue weighted by molar-refractivity contribution is 0.485. The Labute approximate surface area is 115 Å². The summed E-state index contributed by atoms with van der Waals surface area (Å²) in [5, 5.41) is 7.93. The van der Waals surface area contributed by atoms with E-state index >= 15 is 0 Å². The number of nitrogens with one attached hydrogen (secondary N) is 1. The van der Waals surface area contributed by atoms with Crippen LogP contribution in [-0.4, -0.2) is 36.2 Å². The number of nitrogens with zero attached hydrogens (tertiary/aromatic N) is 2. The van der Waals surface area contributed by atoms with E-state index in [0.717, 1.165) is 30.9 Å². The van der Waals surface area contributed by atoms with Crippen molar-refractivity contribution >= 4 is 9.84 Å². The van der Waals surface area contributed by atoms with E-state index in [1.54, 1.807) is 0 Å². The van der Waals surface area contributed by atoms with Crippen molar-refractivity contribution < 1.29 is 8.42 Å². The number of hydrogen-bond donors (Lipinski definition) is 1. The van der Waals surface area contributed by atoms with Gasteiger partial charge in [0.15, 0.2) is 9.84 Å². The van der Waals surface area contributed by atoms with Gasteiger partial charge in [-0.15, -0.1) is 0 Å². The lowest BCUT2D eigenvalue weighted by Gasteiger charge is -2.11. The van der Waals surface area contributed by atoms with Gasteiger partial charge < -0.3 is 5.32 Å². The molecule has 1 unspecified atom stereocenters. The maximum Gasteiger partial charge on any atom is 0.152 e. The largest absolute Gasteiger partial charge is 0.313 e. The van der Waals surface area contributed by atoms with Gasteiger partial charge in [0.05, 0.1) is 23.2 Å². The number of aromatic nitrogens is 2. The number of aryl methyl sites for hydroxylation is 1. The molecule has 0 bridgehead atoms. The summed E-state index contributed by atoms with van der Waals surface area (Å²) in [5.74, 6) is 0.524.